The summed E-state index contributed by atoms with van der Waals surface area (Å²) in [5.41, 5.74) is 2.14. The molecule has 0 saturated heterocycles. The minimum absolute atomic E-state index is 0.348. The molecule has 1 N–H and O–H groups in total. The zero-order chi connectivity index (χ0) is 21.7. The van der Waals surface area contributed by atoms with Crippen molar-refractivity contribution in [3.05, 3.63) is 94.0 Å². The summed E-state index contributed by atoms with van der Waals surface area (Å²) >= 11 is 12.0. The minimum Gasteiger partial charge on any atom is -0.444 e. The number of hydrogen-bond acceptors (Lipinski definition) is 4. The van der Waals surface area contributed by atoms with E-state index in [0.717, 1.165) is 5.69 Å². The highest BCUT2D eigenvalue weighted by Crippen LogP contribution is 2.26. The number of nitrogens with one attached hydrogen (secondary N) is 1. The molecule has 0 saturated carbocycles. The third kappa shape index (κ3) is 5.53. The van der Waals surface area contributed by atoms with Crippen LogP contribution in [0.5, 0.6) is 0 Å². The molecule has 0 aliphatic rings. The molecular weight excluding hydrogens is 423 g/mol. The minimum atomic E-state index is -1.15. The Morgan fingerprint density at radius 2 is 1.57 bits per heavy atom. The molecule has 0 aromatic heterocycles. The maximum atomic E-state index is 13.0. The fraction of sp³-hybridized carbons (Fsp3) is 0.130. The average Bonchev–Trinajstić information content (AvgIpc) is 2.71. The SMILES string of the molecule is CN(C)c1cccc(C(=O)OC(C(=O)Nc2cc(Cl)cc(Cl)c2)c2ccccc2)c1. The predicted octanol–water partition coefficient (Wildman–Crippen LogP) is 5.60. The Morgan fingerprint density at radius 1 is 0.900 bits per heavy atom. The Balaban J connectivity index is 1.87. The second-order valence-electron chi connectivity index (χ2n) is 6.79. The number of carbonyl (C=O) groups is 2. The standard InChI is InChI=1S/C23H20Cl2N2O3/c1-27(2)20-10-6-9-16(11-20)23(29)30-21(15-7-4-3-5-8-15)22(28)26-19-13-17(24)12-18(25)14-19/h3-14,21H,1-2H3,(H,26,28). The molecule has 0 fully saturated rings. The Labute approximate surface area is 185 Å². The first-order valence-electron chi connectivity index (χ1n) is 9.14. The van der Waals surface area contributed by atoms with Crippen molar-refractivity contribution in [2.75, 3.05) is 24.3 Å². The summed E-state index contributed by atoms with van der Waals surface area (Å²) in [7, 11) is 3.75. The average molecular weight is 443 g/mol. The van der Waals surface area contributed by atoms with Gasteiger partial charge >= 0.3 is 5.97 Å². The van der Waals surface area contributed by atoms with Crippen molar-refractivity contribution < 1.29 is 14.3 Å². The maximum absolute atomic E-state index is 13.0. The molecule has 0 aliphatic carbocycles. The van der Waals surface area contributed by atoms with Gasteiger partial charge in [-0.15, -0.1) is 0 Å². The first-order valence-corrected chi connectivity index (χ1v) is 9.89. The fourth-order valence-corrected chi connectivity index (χ4v) is 3.35. The van der Waals surface area contributed by atoms with Crippen molar-refractivity contribution >= 4 is 46.5 Å². The maximum Gasteiger partial charge on any atom is 0.339 e. The van der Waals surface area contributed by atoms with Crippen molar-refractivity contribution in [2.45, 2.75) is 6.10 Å². The molecule has 0 bridgehead atoms. The van der Waals surface area contributed by atoms with Gasteiger partial charge in [-0.3, -0.25) is 4.79 Å². The van der Waals surface area contributed by atoms with Crippen LogP contribution in [0.2, 0.25) is 10.0 Å². The summed E-state index contributed by atoms with van der Waals surface area (Å²) < 4.78 is 5.62. The monoisotopic (exact) mass is 442 g/mol. The van der Waals surface area contributed by atoms with Crippen molar-refractivity contribution in [2.24, 2.45) is 0 Å². The summed E-state index contributed by atoms with van der Waals surface area (Å²) in [6, 6.07) is 20.5. The summed E-state index contributed by atoms with van der Waals surface area (Å²) in [6.07, 6.45) is -1.15. The highest BCUT2D eigenvalue weighted by Gasteiger charge is 2.26. The Kier molecular flexibility index (Phi) is 6.98. The molecule has 3 aromatic rings. The predicted molar refractivity (Wildman–Crippen MR) is 120 cm³/mol. The first-order chi connectivity index (χ1) is 14.3. The van der Waals surface area contributed by atoms with Gasteiger partial charge in [0.2, 0.25) is 6.10 Å². The van der Waals surface area contributed by atoms with Gasteiger partial charge in [0.05, 0.1) is 5.56 Å². The highest BCUT2D eigenvalue weighted by molar-refractivity contribution is 6.35. The number of carbonyl (C=O) groups excluding carboxylic acids is 2. The van der Waals surface area contributed by atoms with E-state index in [1.54, 1.807) is 60.7 Å². The number of amides is 1. The summed E-state index contributed by atoms with van der Waals surface area (Å²) in [6.45, 7) is 0. The lowest BCUT2D eigenvalue weighted by molar-refractivity contribution is -0.125. The third-order valence-electron chi connectivity index (χ3n) is 4.29. The molecule has 0 heterocycles. The number of anilines is 2. The Morgan fingerprint density at radius 3 is 2.20 bits per heavy atom. The fourth-order valence-electron chi connectivity index (χ4n) is 2.82. The topological polar surface area (TPSA) is 58.6 Å². The zero-order valence-corrected chi connectivity index (χ0v) is 17.9. The third-order valence-corrected chi connectivity index (χ3v) is 4.73. The largest absolute Gasteiger partial charge is 0.444 e. The summed E-state index contributed by atoms with van der Waals surface area (Å²) in [4.78, 5) is 27.7. The normalized spacial score (nSPS) is 11.5. The molecule has 5 nitrogen and oxygen atoms in total. The number of rotatable bonds is 6. The Bertz CT molecular complexity index is 1040. The van der Waals surface area contributed by atoms with E-state index in [4.69, 9.17) is 27.9 Å². The van der Waals surface area contributed by atoms with Crippen molar-refractivity contribution in [3.63, 3.8) is 0 Å². The smallest absolute Gasteiger partial charge is 0.339 e. The van der Waals surface area contributed by atoms with E-state index in [1.165, 1.54) is 0 Å². The molecular formula is C23H20Cl2N2O3. The van der Waals surface area contributed by atoms with Crippen LogP contribution in [0, 0.1) is 0 Å². The molecule has 1 unspecified atom stereocenters. The van der Waals surface area contributed by atoms with Crippen LogP contribution in [-0.4, -0.2) is 26.0 Å². The molecule has 1 atom stereocenters. The lowest BCUT2D eigenvalue weighted by Gasteiger charge is -2.19. The van der Waals surface area contributed by atoms with Crippen LogP contribution in [0.15, 0.2) is 72.8 Å². The first kappa shape index (κ1) is 21.7. The number of benzene rings is 3. The second-order valence-corrected chi connectivity index (χ2v) is 7.66. The van der Waals surface area contributed by atoms with Crippen LogP contribution < -0.4 is 10.2 Å². The van der Waals surface area contributed by atoms with E-state index in [1.807, 2.05) is 31.1 Å². The van der Waals surface area contributed by atoms with Gasteiger partial charge in [0.15, 0.2) is 0 Å². The van der Waals surface area contributed by atoms with Gasteiger partial charge in [0, 0.05) is 41.1 Å². The summed E-state index contributed by atoms with van der Waals surface area (Å²) in [5, 5.41) is 3.48. The van der Waals surface area contributed by atoms with Gasteiger partial charge in [-0.2, -0.15) is 0 Å². The number of hydrogen-bond donors (Lipinski definition) is 1. The zero-order valence-electron chi connectivity index (χ0n) is 16.4. The molecule has 7 heteroatoms. The van der Waals surface area contributed by atoms with Gasteiger partial charge in [0.1, 0.15) is 0 Å². The van der Waals surface area contributed by atoms with Crippen LogP contribution in [0.4, 0.5) is 11.4 Å². The van der Waals surface area contributed by atoms with Crippen LogP contribution in [0.3, 0.4) is 0 Å². The number of esters is 1. The van der Waals surface area contributed by atoms with E-state index in [2.05, 4.69) is 5.32 Å². The number of ether oxygens (including phenoxy) is 1. The van der Waals surface area contributed by atoms with Crippen molar-refractivity contribution in [3.8, 4) is 0 Å². The van der Waals surface area contributed by atoms with Gasteiger partial charge in [-0.25, -0.2) is 4.79 Å². The number of nitrogens with zero attached hydrogens (tertiary/aromatic N) is 1. The molecule has 30 heavy (non-hydrogen) atoms. The molecule has 0 spiro atoms. The van der Waals surface area contributed by atoms with E-state index in [-0.39, 0.29) is 0 Å². The molecule has 3 aromatic carbocycles. The van der Waals surface area contributed by atoms with Crippen molar-refractivity contribution in [1.29, 1.82) is 0 Å². The molecule has 1 amide bonds. The molecule has 154 valence electrons. The molecule has 0 aliphatic heterocycles. The van der Waals surface area contributed by atoms with E-state index in [0.29, 0.717) is 26.9 Å². The molecule has 0 radical (unpaired) electrons. The van der Waals surface area contributed by atoms with Crippen LogP contribution in [-0.2, 0) is 9.53 Å². The lowest BCUT2D eigenvalue weighted by Crippen LogP contribution is -2.26. The van der Waals surface area contributed by atoms with Crippen LogP contribution in [0.25, 0.3) is 0 Å². The molecule has 3 rings (SSSR count). The van der Waals surface area contributed by atoms with Gasteiger partial charge < -0.3 is 15.0 Å². The van der Waals surface area contributed by atoms with Gasteiger partial charge in [-0.05, 0) is 36.4 Å². The van der Waals surface area contributed by atoms with Crippen LogP contribution in [0.1, 0.15) is 22.0 Å². The quantitative estimate of drug-likeness (QED) is 0.504. The van der Waals surface area contributed by atoms with Crippen LogP contribution >= 0.6 is 23.2 Å². The van der Waals surface area contributed by atoms with E-state index >= 15 is 0 Å². The van der Waals surface area contributed by atoms with Gasteiger partial charge in [-0.1, -0.05) is 59.6 Å². The van der Waals surface area contributed by atoms with Gasteiger partial charge in [0.25, 0.3) is 5.91 Å². The van der Waals surface area contributed by atoms with E-state index in [9.17, 15) is 9.59 Å². The Hall–Kier alpha value is -3.02. The highest BCUT2D eigenvalue weighted by atomic mass is 35.5. The second kappa shape index (κ2) is 9.65. The lowest BCUT2D eigenvalue weighted by atomic mass is 10.1. The summed E-state index contributed by atoms with van der Waals surface area (Å²) in [5.74, 6) is -1.12. The van der Waals surface area contributed by atoms with Crippen molar-refractivity contribution in [1.82, 2.24) is 0 Å². The van der Waals surface area contributed by atoms with E-state index < -0.39 is 18.0 Å². The number of halogens is 2.